The second kappa shape index (κ2) is 4.33. The summed E-state index contributed by atoms with van der Waals surface area (Å²) in [5, 5.41) is 27.0. The summed E-state index contributed by atoms with van der Waals surface area (Å²) in [7, 11) is 0. The Balaban J connectivity index is 3.06. The molecule has 15 heavy (non-hydrogen) atoms. The van der Waals surface area contributed by atoms with E-state index < -0.39 is 24.1 Å². The highest BCUT2D eigenvalue weighted by Gasteiger charge is 2.27. The Morgan fingerprint density at radius 1 is 1.53 bits per heavy atom. The first-order valence-electron chi connectivity index (χ1n) is 4.15. The summed E-state index contributed by atoms with van der Waals surface area (Å²) < 4.78 is 13.0. The van der Waals surface area contributed by atoms with E-state index in [1.165, 1.54) is 13.0 Å². The number of aliphatic hydroxyl groups excluding tert-OH is 2. The number of rotatable bonds is 3. The molecule has 0 amide bonds. The van der Waals surface area contributed by atoms with Crippen LogP contribution >= 0.6 is 0 Å². The largest absolute Gasteiger partial charge is 0.479 e. The zero-order valence-corrected chi connectivity index (χ0v) is 7.88. The maximum atomic E-state index is 13.0. The first-order chi connectivity index (χ1) is 6.95. The van der Waals surface area contributed by atoms with E-state index in [2.05, 4.69) is 4.98 Å². The molecule has 0 aliphatic rings. The Morgan fingerprint density at radius 3 is 2.67 bits per heavy atom. The Morgan fingerprint density at radius 2 is 2.13 bits per heavy atom. The van der Waals surface area contributed by atoms with Gasteiger partial charge < -0.3 is 15.3 Å². The molecule has 0 aliphatic heterocycles. The zero-order chi connectivity index (χ0) is 11.6. The van der Waals surface area contributed by atoms with Crippen molar-refractivity contribution in [2.45, 2.75) is 19.1 Å². The predicted octanol–water partition coefficient (Wildman–Crippen LogP) is 0.00802. The fraction of sp³-hybridized carbons (Fsp3) is 0.333. The van der Waals surface area contributed by atoms with Crippen LogP contribution in [0, 0.1) is 12.9 Å². The third-order valence-corrected chi connectivity index (χ3v) is 2.06. The van der Waals surface area contributed by atoms with Gasteiger partial charge in [-0.25, -0.2) is 9.78 Å². The van der Waals surface area contributed by atoms with Crippen LogP contribution in [0.2, 0.25) is 0 Å². The molecule has 0 radical (unpaired) electrons. The number of aromatic nitrogens is 1. The van der Waals surface area contributed by atoms with Crippen molar-refractivity contribution in [1.82, 2.24) is 4.98 Å². The number of aliphatic hydroxyl groups is 2. The lowest BCUT2D eigenvalue weighted by atomic mass is 10.0. The van der Waals surface area contributed by atoms with Crippen molar-refractivity contribution in [3.8, 4) is 0 Å². The van der Waals surface area contributed by atoms with E-state index in [0.717, 1.165) is 6.20 Å². The molecule has 0 bridgehead atoms. The van der Waals surface area contributed by atoms with Gasteiger partial charge in [0.2, 0.25) is 5.95 Å². The first kappa shape index (κ1) is 11.5. The molecule has 5 nitrogen and oxygen atoms in total. The molecular weight excluding hydrogens is 205 g/mol. The number of carbonyl (C=O) groups is 1. The zero-order valence-electron chi connectivity index (χ0n) is 7.88. The normalized spacial score (nSPS) is 14.7. The topological polar surface area (TPSA) is 90.7 Å². The fourth-order valence-corrected chi connectivity index (χ4v) is 1.15. The van der Waals surface area contributed by atoms with Crippen LogP contribution in [0.25, 0.3) is 0 Å². The third-order valence-electron chi connectivity index (χ3n) is 2.06. The second-order valence-electron chi connectivity index (χ2n) is 3.04. The van der Waals surface area contributed by atoms with Gasteiger partial charge in [0.15, 0.2) is 6.10 Å². The smallest absolute Gasteiger partial charge is 0.335 e. The summed E-state index contributed by atoms with van der Waals surface area (Å²) in [6, 6.07) is 1.26. The number of carboxylic acid groups (broad SMARTS) is 1. The van der Waals surface area contributed by atoms with Gasteiger partial charge in [-0.3, -0.25) is 0 Å². The lowest BCUT2D eigenvalue weighted by Crippen LogP contribution is -2.28. The van der Waals surface area contributed by atoms with Crippen LogP contribution in [0.1, 0.15) is 17.2 Å². The van der Waals surface area contributed by atoms with E-state index in [1.54, 1.807) is 0 Å². The number of hydrogen-bond acceptors (Lipinski definition) is 4. The van der Waals surface area contributed by atoms with Crippen molar-refractivity contribution in [3.63, 3.8) is 0 Å². The quantitative estimate of drug-likeness (QED) is 0.618. The lowest BCUT2D eigenvalue weighted by molar-refractivity contribution is -0.153. The SMILES string of the molecule is Cc1c(C(O)C(O)C(=O)O)ccnc1F. The molecule has 1 aromatic heterocycles. The summed E-state index contributed by atoms with van der Waals surface area (Å²) in [6.45, 7) is 1.34. The number of aliphatic carboxylic acids is 1. The van der Waals surface area contributed by atoms with Gasteiger partial charge in [0.1, 0.15) is 6.10 Å². The summed E-state index contributed by atoms with van der Waals surface area (Å²) in [6.07, 6.45) is -2.55. The van der Waals surface area contributed by atoms with Gasteiger partial charge in [-0.15, -0.1) is 0 Å². The van der Waals surface area contributed by atoms with E-state index in [4.69, 9.17) is 10.2 Å². The van der Waals surface area contributed by atoms with Gasteiger partial charge in [0, 0.05) is 11.8 Å². The molecule has 0 saturated heterocycles. The van der Waals surface area contributed by atoms with Crippen molar-refractivity contribution in [2.75, 3.05) is 0 Å². The molecule has 2 atom stereocenters. The van der Waals surface area contributed by atoms with E-state index in [-0.39, 0.29) is 11.1 Å². The Bertz CT molecular complexity index is 382. The molecule has 82 valence electrons. The average Bonchev–Trinajstić information content (AvgIpc) is 2.20. The summed E-state index contributed by atoms with van der Waals surface area (Å²) in [5.41, 5.74) is 0.0303. The Labute approximate surface area is 84.8 Å². The van der Waals surface area contributed by atoms with Crippen molar-refractivity contribution in [1.29, 1.82) is 0 Å². The van der Waals surface area contributed by atoms with Gasteiger partial charge >= 0.3 is 5.97 Å². The maximum Gasteiger partial charge on any atom is 0.335 e. The molecule has 3 N–H and O–H groups in total. The number of carboxylic acids is 1. The van der Waals surface area contributed by atoms with Gasteiger partial charge in [-0.2, -0.15) is 4.39 Å². The van der Waals surface area contributed by atoms with E-state index in [0.29, 0.717) is 0 Å². The highest BCUT2D eigenvalue weighted by atomic mass is 19.1. The summed E-state index contributed by atoms with van der Waals surface area (Å²) in [4.78, 5) is 13.7. The third kappa shape index (κ3) is 2.28. The van der Waals surface area contributed by atoms with Crippen LogP contribution in [0.4, 0.5) is 4.39 Å². The van der Waals surface area contributed by atoms with Crippen LogP contribution in [0.3, 0.4) is 0 Å². The molecule has 1 heterocycles. The van der Waals surface area contributed by atoms with Gasteiger partial charge in [-0.1, -0.05) is 0 Å². The minimum atomic E-state index is -1.98. The minimum absolute atomic E-state index is 0.0115. The molecular formula is C9H10FNO4. The molecule has 2 unspecified atom stereocenters. The van der Waals surface area contributed by atoms with Crippen LogP contribution < -0.4 is 0 Å². The van der Waals surface area contributed by atoms with Crippen LogP contribution in [-0.2, 0) is 4.79 Å². The molecule has 1 aromatic rings. The Kier molecular flexibility index (Phi) is 3.33. The monoisotopic (exact) mass is 215 g/mol. The average molecular weight is 215 g/mol. The van der Waals surface area contributed by atoms with Gasteiger partial charge in [-0.05, 0) is 18.6 Å². The van der Waals surface area contributed by atoms with Gasteiger partial charge in [0.25, 0.3) is 0 Å². The fourth-order valence-electron chi connectivity index (χ4n) is 1.15. The molecule has 1 rings (SSSR count). The molecule has 0 aromatic carbocycles. The predicted molar refractivity (Wildman–Crippen MR) is 47.5 cm³/mol. The maximum absolute atomic E-state index is 13.0. The van der Waals surface area contributed by atoms with Crippen molar-refractivity contribution in [2.24, 2.45) is 0 Å². The highest BCUT2D eigenvalue weighted by molar-refractivity contribution is 5.73. The van der Waals surface area contributed by atoms with Gasteiger partial charge in [0.05, 0.1) is 0 Å². The number of hydrogen-bond donors (Lipinski definition) is 3. The molecule has 0 saturated carbocycles. The van der Waals surface area contributed by atoms with Crippen LogP contribution in [0.5, 0.6) is 0 Å². The standard InChI is InChI=1S/C9H10FNO4/c1-4-5(2-3-11-8(4)10)6(12)7(13)9(14)15/h2-3,6-7,12-13H,1H3,(H,14,15). The Hall–Kier alpha value is -1.53. The highest BCUT2D eigenvalue weighted by Crippen LogP contribution is 2.21. The second-order valence-corrected chi connectivity index (χ2v) is 3.04. The molecule has 0 fully saturated rings. The minimum Gasteiger partial charge on any atom is -0.479 e. The van der Waals surface area contributed by atoms with Crippen LogP contribution in [-0.4, -0.2) is 32.4 Å². The lowest BCUT2D eigenvalue weighted by Gasteiger charge is -2.16. The molecule has 6 heteroatoms. The van der Waals surface area contributed by atoms with Crippen LogP contribution in [0.15, 0.2) is 12.3 Å². The van der Waals surface area contributed by atoms with Crippen molar-refractivity contribution < 1.29 is 24.5 Å². The van der Waals surface area contributed by atoms with E-state index in [1.807, 2.05) is 0 Å². The van der Waals surface area contributed by atoms with E-state index in [9.17, 15) is 14.3 Å². The van der Waals surface area contributed by atoms with Crippen molar-refractivity contribution in [3.05, 3.63) is 29.3 Å². The molecule has 0 spiro atoms. The number of halogens is 1. The number of pyridine rings is 1. The number of nitrogens with zero attached hydrogens (tertiary/aromatic N) is 1. The first-order valence-corrected chi connectivity index (χ1v) is 4.15. The van der Waals surface area contributed by atoms with Crippen molar-refractivity contribution >= 4 is 5.97 Å². The summed E-state index contributed by atoms with van der Waals surface area (Å²) >= 11 is 0. The summed E-state index contributed by atoms with van der Waals surface area (Å²) in [5.74, 6) is -2.37. The molecule has 0 aliphatic carbocycles. The van der Waals surface area contributed by atoms with E-state index >= 15 is 0 Å².